The van der Waals surface area contributed by atoms with Gasteiger partial charge < -0.3 is 5.32 Å². The number of anilines is 1. The number of amides is 1. The number of nitrogens with zero attached hydrogens (tertiary/aromatic N) is 3. The van der Waals surface area contributed by atoms with Crippen molar-refractivity contribution in [3.8, 4) is 0 Å². The maximum Gasteiger partial charge on any atom is 0.249 e. The van der Waals surface area contributed by atoms with Crippen LogP contribution >= 0.6 is 0 Å². The van der Waals surface area contributed by atoms with Crippen LogP contribution in [0.5, 0.6) is 0 Å². The lowest BCUT2D eigenvalue weighted by atomic mass is 10.2. The summed E-state index contributed by atoms with van der Waals surface area (Å²) in [6, 6.07) is 3.60. The molecule has 23 heavy (non-hydrogen) atoms. The van der Waals surface area contributed by atoms with E-state index in [4.69, 9.17) is 0 Å². The van der Waals surface area contributed by atoms with Gasteiger partial charge in [-0.2, -0.15) is 9.40 Å². The van der Waals surface area contributed by atoms with Gasteiger partial charge in [0, 0.05) is 30.6 Å². The maximum absolute atomic E-state index is 12.0. The van der Waals surface area contributed by atoms with Gasteiger partial charge in [0.2, 0.25) is 15.9 Å². The lowest BCUT2D eigenvalue weighted by Crippen LogP contribution is -2.24. The Morgan fingerprint density at radius 1 is 1.43 bits per heavy atom. The number of aromatic nitrogens is 3. The van der Waals surface area contributed by atoms with Gasteiger partial charge in [0.25, 0.3) is 0 Å². The molecule has 0 radical (unpaired) electrons. The summed E-state index contributed by atoms with van der Waals surface area (Å²) in [6.45, 7) is 0.440. The molecule has 1 aliphatic heterocycles. The van der Waals surface area contributed by atoms with Gasteiger partial charge >= 0.3 is 0 Å². The molecule has 1 aliphatic rings. The molecule has 0 aromatic carbocycles. The number of hydrogen-bond donors (Lipinski definition) is 2. The monoisotopic (exact) mass is 333 g/mol. The van der Waals surface area contributed by atoms with E-state index in [0.717, 1.165) is 11.8 Å². The summed E-state index contributed by atoms with van der Waals surface area (Å²) < 4.78 is 24.5. The molecule has 0 saturated carbocycles. The highest BCUT2D eigenvalue weighted by molar-refractivity contribution is 7.88. The fourth-order valence-electron chi connectivity index (χ4n) is 2.25. The molecule has 0 spiro atoms. The van der Waals surface area contributed by atoms with E-state index in [9.17, 15) is 13.2 Å². The van der Waals surface area contributed by atoms with Crippen LogP contribution in [0.4, 0.5) is 5.82 Å². The Kier molecular flexibility index (Phi) is 3.97. The highest BCUT2D eigenvalue weighted by Crippen LogP contribution is 2.28. The zero-order valence-electron chi connectivity index (χ0n) is 12.4. The van der Waals surface area contributed by atoms with Crippen molar-refractivity contribution in [3.63, 3.8) is 0 Å². The van der Waals surface area contributed by atoms with Crippen molar-refractivity contribution in [1.29, 1.82) is 0 Å². The number of carbonyl (C=O) groups excluding carboxylic acids is 1. The number of pyridine rings is 1. The first-order chi connectivity index (χ1) is 10.9. The highest BCUT2D eigenvalue weighted by Gasteiger charge is 2.30. The third-order valence-corrected chi connectivity index (χ3v) is 4.64. The van der Waals surface area contributed by atoms with E-state index in [2.05, 4.69) is 20.5 Å². The summed E-state index contributed by atoms with van der Waals surface area (Å²) in [6.07, 6.45) is 7.46. The average Bonchev–Trinajstić information content (AvgIpc) is 3.08. The molecule has 0 aliphatic carbocycles. The molecular formula is C14H15N5O3S. The van der Waals surface area contributed by atoms with Gasteiger partial charge in [-0.1, -0.05) is 6.07 Å². The molecular weight excluding hydrogens is 318 g/mol. The molecule has 2 aromatic heterocycles. The van der Waals surface area contributed by atoms with E-state index in [-0.39, 0.29) is 19.0 Å². The van der Waals surface area contributed by atoms with Gasteiger partial charge in [0.05, 0.1) is 18.5 Å². The van der Waals surface area contributed by atoms with E-state index < -0.39 is 10.0 Å². The Balaban J connectivity index is 1.69. The normalized spacial score (nSPS) is 15.0. The smallest absolute Gasteiger partial charge is 0.249 e. The molecule has 0 atom stereocenters. The molecule has 9 heteroatoms. The van der Waals surface area contributed by atoms with Crippen molar-refractivity contribution < 1.29 is 13.2 Å². The first-order valence-corrected chi connectivity index (χ1v) is 8.68. The van der Waals surface area contributed by atoms with Crippen molar-refractivity contribution in [3.05, 3.63) is 47.4 Å². The van der Waals surface area contributed by atoms with Gasteiger partial charge in [-0.15, -0.1) is 0 Å². The summed E-state index contributed by atoms with van der Waals surface area (Å²) in [5.74, 6) is 0.00736. The molecule has 120 valence electrons. The van der Waals surface area contributed by atoms with Gasteiger partial charge in [-0.05, 0) is 17.7 Å². The topological polar surface area (TPSA) is 108 Å². The van der Waals surface area contributed by atoms with Gasteiger partial charge in [-0.25, -0.2) is 8.42 Å². The van der Waals surface area contributed by atoms with Crippen LogP contribution in [0, 0.1) is 0 Å². The first-order valence-electron chi connectivity index (χ1n) is 6.84. The minimum absolute atomic E-state index is 0.201. The number of fused-ring (bicyclic) bond motifs is 1. The van der Waals surface area contributed by atoms with Crippen LogP contribution in [0.3, 0.4) is 0 Å². The van der Waals surface area contributed by atoms with E-state index >= 15 is 0 Å². The van der Waals surface area contributed by atoms with E-state index in [1.54, 1.807) is 24.5 Å². The average molecular weight is 333 g/mol. The van der Waals surface area contributed by atoms with Crippen molar-refractivity contribution >= 4 is 27.8 Å². The van der Waals surface area contributed by atoms with Crippen LogP contribution in [0.15, 0.2) is 30.6 Å². The molecule has 0 fully saturated rings. The van der Waals surface area contributed by atoms with Crippen molar-refractivity contribution in [2.24, 2.45) is 0 Å². The number of H-pyrrole nitrogens is 1. The lowest BCUT2D eigenvalue weighted by molar-refractivity contribution is -0.111. The molecule has 1 amide bonds. The van der Waals surface area contributed by atoms with Crippen LogP contribution in [0.2, 0.25) is 0 Å². The van der Waals surface area contributed by atoms with Gasteiger partial charge in [0.15, 0.2) is 5.82 Å². The quantitative estimate of drug-likeness (QED) is 0.802. The zero-order valence-corrected chi connectivity index (χ0v) is 13.2. The second-order valence-electron chi connectivity index (χ2n) is 5.17. The molecule has 0 saturated heterocycles. The van der Waals surface area contributed by atoms with Crippen LogP contribution in [0.25, 0.3) is 6.08 Å². The molecule has 8 nitrogen and oxygen atoms in total. The van der Waals surface area contributed by atoms with E-state index in [0.29, 0.717) is 17.1 Å². The number of aromatic amines is 1. The molecule has 3 rings (SSSR count). The minimum atomic E-state index is -3.28. The second-order valence-corrected chi connectivity index (χ2v) is 7.15. The Labute approximate surface area is 133 Å². The molecule has 2 N–H and O–H groups in total. The summed E-state index contributed by atoms with van der Waals surface area (Å²) in [5.41, 5.74) is 2.19. The van der Waals surface area contributed by atoms with Crippen LogP contribution < -0.4 is 5.32 Å². The van der Waals surface area contributed by atoms with Crippen molar-refractivity contribution in [2.45, 2.75) is 13.1 Å². The number of sulfonamides is 1. The zero-order chi connectivity index (χ0) is 16.4. The summed E-state index contributed by atoms with van der Waals surface area (Å²) in [7, 11) is -3.28. The summed E-state index contributed by atoms with van der Waals surface area (Å²) in [4.78, 5) is 15.9. The first kappa shape index (κ1) is 15.4. The Hall–Kier alpha value is -2.52. The van der Waals surface area contributed by atoms with Gasteiger partial charge in [0.1, 0.15) is 0 Å². The minimum Gasteiger partial charge on any atom is -0.305 e. The highest BCUT2D eigenvalue weighted by atomic mass is 32.2. The Morgan fingerprint density at radius 3 is 2.96 bits per heavy atom. The van der Waals surface area contributed by atoms with Crippen LogP contribution in [-0.4, -0.2) is 40.1 Å². The van der Waals surface area contributed by atoms with Crippen molar-refractivity contribution in [1.82, 2.24) is 19.5 Å². The van der Waals surface area contributed by atoms with Gasteiger partial charge in [-0.3, -0.25) is 14.9 Å². The molecule has 0 unspecified atom stereocenters. The Bertz CT molecular complexity index is 858. The number of rotatable bonds is 4. The Morgan fingerprint density at radius 2 is 2.26 bits per heavy atom. The fourth-order valence-corrected chi connectivity index (χ4v) is 2.98. The van der Waals surface area contributed by atoms with Crippen LogP contribution in [0.1, 0.15) is 16.8 Å². The molecule has 3 heterocycles. The molecule has 0 bridgehead atoms. The van der Waals surface area contributed by atoms with E-state index in [1.807, 2.05) is 6.07 Å². The summed E-state index contributed by atoms with van der Waals surface area (Å²) in [5, 5.41) is 9.44. The van der Waals surface area contributed by atoms with E-state index in [1.165, 1.54) is 10.4 Å². The predicted octanol–water partition coefficient (Wildman–Crippen LogP) is 0.732. The fraction of sp³-hybridized carbons (Fsp3) is 0.214. The number of carbonyl (C=O) groups is 1. The van der Waals surface area contributed by atoms with Crippen LogP contribution in [-0.2, 0) is 27.9 Å². The summed E-state index contributed by atoms with van der Waals surface area (Å²) >= 11 is 0. The second kappa shape index (κ2) is 5.94. The number of hydrogen-bond acceptors (Lipinski definition) is 5. The third kappa shape index (κ3) is 3.46. The third-order valence-electron chi connectivity index (χ3n) is 3.44. The van der Waals surface area contributed by atoms with Crippen molar-refractivity contribution in [2.75, 3.05) is 11.6 Å². The number of nitrogens with one attached hydrogen (secondary N) is 2. The lowest BCUT2D eigenvalue weighted by Gasteiger charge is -2.11. The maximum atomic E-state index is 12.0. The standard InChI is InChI=1S/C14H15N5O3S/c1-23(21,22)19-8-11-12(9-19)17-18-14(11)16-13(20)5-4-10-3-2-6-15-7-10/h2-7H,8-9H2,1H3,(H2,16,17,18,20)/b5-4-. The molecule has 2 aromatic rings. The largest absolute Gasteiger partial charge is 0.305 e. The SMILES string of the molecule is CS(=O)(=O)N1Cc2[nH]nc(NC(=O)/C=C\c3cccnc3)c2C1. The predicted molar refractivity (Wildman–Crippen MR) is 84.6 cm³/mol.